The van der Waals surface area contributed by atoms with Crippen LogP contribution in [-0.2, 0) is 22.6 Å². The zero-order chi connectivity index (χ0) is 30.6. The van der Waals surface area contributed by atoms with Crippen LogP contribution in [0.3, 0.4) is 0 Å². The number of hydrogen-bond donors (Lipinski definition) is 4. The Morgan fingerprint density at radius 3 is 2.51 bits per heavy atom. The Morgan fingerprint density at radius 2 is 1.77 bits per heavy atom. The third-order valence-electron chi connectivity index (χ3n) is 7.55. The third-order valence-corrected chi connectivity index (χ3v) is 7.55. The molecule has 1 saturated heterocycles. The number of amides is 1. The number of nitrogens with zero attached hydrogens (tertiary/aromatic N) is 1. The van der Waals surface area contributed by atoms with Crippen LogP contribution in [0, 0.1) is 0 Å². The monoisotopic (exact) mass is 584 g/mol. The second-order valence-corrected chi connectivity index (χ2v) is 12.1. The van der Waals surface area contributed by atoms with Gasteiger partial charge in [0.15, 0.2) is 0 Å². The summed E-state index contributed by atoms with van der Waals surface area (Å²) in [7, 11) is 0. The zero-order valence-corrected chi connectivity index (χ0v) is 25.0. The number of aliphatic carboxylic acids is 1. The molecular formula is C34H40N4O5. The van der Waals surface area contributed by atoms with Crippen molar-refractivity contribution >= 4 is 23.0 Å². The highest BCUT2D eigenvalue weighted by Crippen LogP contribution is 2.33. The lowest BCUT2D eigenvalue weighted by molar-refractivity contribution is -0.137. The SMILES string of the molecule is CC(CC(NC(=O)OC(C)(C)C)NN1[C@H](Cc2c[nH]c3ccccc23)[C@@H]1C(=O)O)c1cccc(OCc2ccccc2)c1. The van der Waals surface area contributed by atoms with Gasteiger partial charge in [-0.05, 0) is 74.4 Å². The molecule has 3 aromatic carbocycles. The van der Waals surface area contributed by atoms with Gasteiger partial charge in [0, 0.05) is 17.1 Å². The van der Waals surface area contributed by atoms with E-state index >= 15 is 0 Å². The maximum Gasteiger partial charge on any atom is 0.408 e. The topological polar surface area (TPSA) is 116 Å². The number of aromatic amines is 1. The molecule has 0 spiro atoms. The first-order valence-electron chi connectivity index (χ1n) is 14.7. The molecule has 0 radical (unpaired) electrons. The van der Waals surface area contributed by atoms with Crippen LogP contribution in [0.5, 0.6) is 5.75 Å². The highest BCUT2D eigenvalue weighted by molar-refractivity contribution is 5.84. The largest absolute Gasteiger partial charge is 0.489 e. The van der Waals surface area contributed by atoms with Gasteiger partial charge in [-0.25, -0.2) is 15.2 Å². The summed E-state index contributed by atoms with van der Waals surface area (Å²) >= 11 is 0. The van der Waals surface area contributed by atoms with Crippen LogP contribution in [0.1, 0.15) is 56.7 Å². The fourth-order valence-electron chi connectivity index (χ4n) is 5.39. The van der Waals surface area contributed by atoms with E-state index in [1.165, 1.54) is 0 Å². The molecule has 0 aliphatic carbocycles. The number of carbonyl (C=O) groups is 2. The van der Waals surface area contributed by atoms with E-state index in [1.807, 2.05) is 85.1 Å². The zero-order valence-electron chi connectivity index (χ0n) is 25.0. The molecule has 9 heteroatoms. The number of rotatable bonds is 12. The minimum Gasteiger partial charge on any atom is -0.489 e. The Morgan fingerprint density at radius 1 is 1.02 bits per heavy atom. The van der Waals surface area contributed by atoms with Gasteiger partial charge < -0.3 is 24.9 Å². The number of H-pyrrole nitrogens is 1. The Balaban J connectivity index is 1.29. The van der Waals surface area contributed by atoms with Crippen molar-refractivity contribution in [1.82, 2.24) is 20.7 Å². The predicted octanol–water partition coefficient (Wildman–Crippen LogP) is 5.98. The Hall–Kier alpha value is -4.34. The summed E-state index contributed by atoms with van der Waals surface area (Å²) in [6, 6.07) is 24.9. The van der Waals surface area contributed by atoms with E-state index in [2.05, 4.69) is 22.7 Å². The fraction of sp³-hybridized carbons (Fsp3) is 0.353. The molecule has 43 heavy (non-hydrogen) atoms. The van der Waals surface area contributed by atoms with E-state index in [1.54, 1.807) is 25.8 Å². The summed E-state index contributed by atoms with van der Waals surface area (Å²) < 4.78 is 11.6. The molecule has 4 aromatic rings. The van der Waals surface area contributed by atoms with E-state index in [4.69, 9.17) is 9.47 Å². The smallest absolute Gasteiger partial charge is 0.408 e. The van der Waals surface area contributed by atoms with Gasteiger partial charge in [0.1, 0.15) is 24.0 Å². The summed E-state index contributed by atoms with van der Waals surface area (Å²) in [5.74, 6) is -0.152. The van der Waals surface area contributed by atoms with Crippen molar-refractivity contribution < 1.29 is 24.2 Å². The summed E-state index contributed by atoms with van der Waals surface area (Å²) in [6.07, 6.45) is 1.83. The number of carboxylic acids is 1. The number of carboxylic acid groups (broad SMARTS) is 1. The number of benzene rings is 3. The van der Waals surface area contributed by atoms with Crippen molar-refractivity contribution in [3.8, 4) is 5.75 Å². The van der Waals surface area contributed by atoms with Gasteiger partial charge in [-0.3, -0.25) is 4.79 Å². The van der Waals surface area contributed by atoms with E-state index in [9.17, 15) is 14.7 Å². The maximum absolute atomic E-state index is 12.8. The van der Waals surface area contributed by atoms with Crippen LogP contribution in [0.25, 0.3) is 10.9 Å². The van der Waals surface area contributed by atoms with Gasteiger partial charge >= 0.3 is 12.1 Å². The van der Waals surface area contributed by atoms with Crippen molar-refractivity contribution in [2.24, 2.45) is 0 Å². The van der Waals surface area contributed by atoms with Crippen LogP contribution in [0.15, 0.2) is 85.1 Å². The molecule has 1 amide bonds. The minimum atomic E-state index is -0.912. The number of hydrogen-bond acceptors (Lipinski definition) is 6. The number of nitrogens with one attached hydrogen (secondary N) is 3. The van der Waals surface area contributed by atoms with Crippen LogP contribution in [0.2, 0.25) is 0 Å². The van der Waals surface area contributed by atoms with Crippen molar-refractivity contribution in [2.75, 3.05) is 0 Å². The van der Waals surface area contributed by atoms with Crippen LogP contribution < -0.4 is 15.5 Å². The molecule has 1 aliphatic rings. The lowest BCUT2D eigenvalue weighted by Gasteiger charge is -2.27. The van der Waals surface area contributed by atoms with Crippen molar-refractivity contribution in [2.45, 2.75) is 76.9 Å². The standard InChI is InChI=1S/C34H40N4O5/c1-22(24-13-10-14-26(18-24)42-21-23-11-6-5-7-12-23)17-30(36-33(41)43-34(2,3)4)37-38-29(31(38)32(39)40)19-25-20-35-28-16-9-8-15-27(25)28/h5-16,18,20,22,29-31,35,37H,17,19,21H2,1-4H3,(H,36,41)(H,39,40)/t22?,29-,30?,31-,38?/m1/s1. The fourth-order valence-corrected chi connectivity index (χ4v) is 5.39. The highest BCUT2D eigenvalue weighted by atomic mass is 16.6. The Bertz CT molecular complexity index is 1550. The molecule has 4 N–H and O–H groups in total. The molecule has 1 aromatic heterocycles. The van der Waals surface area contributed by atoms with E-state index in [-0.39, 0.29) is 12.0 Å². The summed E-state index contributed by atoms with van der Waals surface area (Å²) in [4.78, 5) is 28.3. The van der Waals surface area contributed by atoms with Gasteiger partial charge in [0.05, 0.1) is 12.2 Å². The normalized spacial score (nSPS) is 19.4. The summed E-state index contributed by atoms with van der Waals surface area (Å²) in [6.45, 7) is 7.95. The molecule has 3 unspecified atom stereocenters. The lowest BCUT2D eigenvalue weighted by Crippen LogP contribution is -2.50. The molecule has 0 bridgehead atoms. The third kappa shape index (κ3) is 7.94. The van der Waals surface area contributed by atoms with Crippen LogP contribution >= 0.6 is 0 Å². The molecule has 226 valence electrons. The van der Waals surface area contributed by atoms with E-state index < -0.39 is 29.9 Å². The molecule has 9 nitrogen and oxygen atoms in total. The van der Waals surface area contributed by atoms with E-state index in [0.29, 0.717) is 19.4 Å². The second-order valence-electron chi connectivity index (χ2n) is 12.1. The molecule has 1 fully saturated rings. The number of ether oxygens (including phenoxy) is 2. The Kier molecular flexibility index (Phi) is 9.03. The predicted molar refractivity (Wildman–Crippen MR) is 166 cm³/mol. The van der Waals surface area contributed by atoms with Gasteiger partial charge in [-0.15, -0.1) is 0 Å². The molecule has 2 heterocycles. The maximum atomic E-state index is 12.8. The Labute approximate surface area is 252 Å². The molecule has 5 atom stereocenters. The van der Waals surface area contributed by atoms with Crippen LogP contribution in [-0.4, -0.2) is 51.0 Å². The first-order valence-corrected chi connectivity index (χ1v) is 14.7. The van der Waals surface area contributed by atoms with Gasteiger partial charge in [-0.2, -0.15) is 0 Å². The van der Waals surface area contributed by atoms with Gasteiger partial charge in [0.25, 0.3) is 0 Å². The highest BCUT2D eigenvalue weighted by Gasteiger charge is 2.54. The lowest BCUT2D eigenvalue weighted by atomic mass is 9.96. The average Bonchev–Trinajstić information content (AvgIpc) is 3.48. The number of fused-ring (bicyclic) bond motifs is 1. The number of alkyl carbamates (subject to hydrolysis) is 1. The minimum absolute atomic E-state index is 0.00278. The second kappa shape index (κ2) is 12.9. The van der Waals surface area contributed by atoms with Gasteiger partial charge in [-0.1, -0.05) is 67.6 Å². The first kappa shape index (κ1) is 30.1. The molecule has 5 rings (SSSR count). The van der Waals surface area contributed by atoms with Crippen LogP contribution in [0.4, 0.5) is 4.79 Å². The number of hydrazine groups is 1. The van der Waals surface area contributed by atoms with Crippen molar-refractivity contribution in [3.63, 3.8) is 0 Å². The quantitative estimate of drug-likeness (QED) is 0.120. The number of carbonyl (C=O) groups excluding carboxylic acids is 1. The molecular weight excluding hydrogens is 544 g/mol. The summed E-state index contributed by atoms with van der Waals surface area (Å²) in [5, 5.41) is 15.7. The van der Waals surface area contributed by atoms with E-state index in [0.717, 1.165) is 33.3 Å². The number of aromatic nitrogens is 1. The molecule has 1 aliphatic heterocycles. The number of para-hydroxylation sites is 1. The van der Waals surface area contributed by atoms with Gasteiger partial charge in [0.2, 0.25) is 0 Å². The summed E-state index contributed by atoms with van der Waals surface area (Å²) in [5.41, 5.74) is 6.82. The first-order chi connectivity index (χ1) is 20.6. The van der Waals surface area contributed by atoms with Crippen molar-refractivity contribution in [3.05, 3.63) is 102 Å². The molecule has 0 saturated carbocycles. The average molecular weight is 585 g/mol. The van der Waals surface area contributed by atoms with Crippen molar-refractivity contribution in [1.29, 1.82) is 0 Å².